The second kappa shape index (κ2) is 7.53. The summed E-state index contributed by atoms with van der Waals surface area (Å²) in [6, 6.07) is 6.35. The molecule has 0 spiro atoms. The Kier molecular flexibility index (Phi) is 4.10. The van der Waals surface area contributed by atoms with Gasteiger partial charge >= 0.3 is 0 Å². The average Bonchev–Trinajstić information content (AvgIpc) is 2.67. The zero-order chi connectivity index (χ0) is 19.4. The number of carbonyl (C=O) groups is 1. The van der Waals surface area contributed by atoms with Crippen molar-refractivity contribution < 1.29 is 13.6 Å². The van der Waals surface area contributed by atoms with Gasteiger partial charge in [-0.2, -0.15) is 0 Å². The number of hydrogen-bond donors (Lipinski definition) is 0. The van der Waals surface area contributed by atoms with E-state index in [-0.39, 0.29) is 5.56 Å². The number of rotatable bonds is 5. The maximum absolute atomic E-state index is 11.9. The molecule has 0 N–H and O–H groups in total. The Morgan fingerprint density at radius 2 is 2.08 bits per heavy atom. The van der Waals surface area contributed by atoms with Crippen LogP contribution in [0.5, 0.6) is 5.75 Å². The highest BCUT2D eigenvalue weighted by Gasteiger charge is 2.17. The van der Waals surface area contributed by atoms with Gasteiger partial charge in [0.2, 0.25) is 0 Å². The number of aromatic nitrogens is 2. The molecule has 3 rings (SSSR count). The molecule has 1 aromatic heterocycles. The van der Waals surface area contributed by atoms with Gasteiger partial charge in [0.25, 0.3) is 0 Å². The molecule has 126 valence electrons. The van der Waals surface area contributed by atoms with Crippen LogP contribution in [0.1, 0.15) is 34.2 Å². The standard InChI is InChI=1S/C19H23N3O2/c1-14(23)16-4-3-5-17(10-16)19-20-11-18(12-21-19)24-13-15-6-8-22(2)9-7-15/h3-5,10-12,15H,6-9,13H2,1-2H3/i1D3. The maximum atomic E-state index is 11.9. The second-order valence-electron chi connectivity index (χ2n) is 6.21. The summed E-state index contributed by atoms with van der Waals surface area (Å²) in [6.07, 6.45) is 5.46. The molecule has 0 aliphatic carbocycles. The third kappa shape index (κ3) is 4.17. The number of Topliss-reactive ketones (excluding diaryl/α,β-unsaturated/α-hetero) is 1. The van der Waals surface area contributed by atoms with Crippen molar-refractivity contribution >= 4 is 5.78 Å². The first kappa shape index (κ1) is 13.1. The molecule has 5 nitrogen and oxygen atoms in total. The van der Waals surface area contributed by atoms with E-state index in [1.807, 2.05) is 0 Å². The first-order valence-electron chi connectivity index (χ1n) is 9.61. The van der Waals surface area contributed by atoms with Crippen LogP contribution in [0.25, 0.3) is 11.4 Å². The van der Waals surface area contributed by atoms with Gasteiger partial charge < -0.3 is 9.64 Å². The predicted octanol–water partition coefficient (Wildman–Crippen LogP) is 3.07. The molecular weight excluding hydrogens is 302 g/mol. The molecule has 24 heavy (non-hydrogen) atoms. The summed E-state index contributed by atoms with van der Waals surface area (Å²) in [4.78, 5) is 22.8. The van der Waals surface area contributed by atoms with Gasteiger partial charge in [0, 0.05) is 15.2 Å². The lowest BCUT2D eigenvalue weighted by Gasteiger charge is -2.28. The van der Waals surface area contributed by atoms with E-state index in [0.717, 1.165) is 25.9 Å². The minimum atomic E-state index is -2.66. The molecule has 0 radical (unpaired) electrons. The Balaban J connectivity index is 1.64. The van der Waals surface area contributed by atoms with Crippen molar-refractivity contribution in [1.82, 2.24) is 14.9 Å². The number of piperidine rings is 1. The number of ether oxygens (including phenoxy) is 1. The summed E-state index contributed by atoms with van der Waals surface area (Å²) >= 11 is 0. The fourth-order valence-electron chi connectivity index (χ4n) is 2.78. The van der Waals surface area contributed by atoms with E-state index < -0.39 is 12.6 Å². The number of hydrogen-bond acceptors (Lipinski definition) is 5. The SMILES string of the molecule is [2H]C([2H])([2H])C(=O)c1cccc(-c2ncc(OCC3CCN(C)CC3)cn2)c1. The van der Waals surface area contributed by atoms with Crippen LogP contribution in [0.15, 0.2) is 36.7 Å². The highest BCUT2D eigenvalue weighted by molar-refractivity contribution is 5.95. The van der Waals surface area contributed by atoms with Gasteiger partial charge in [0.05, 0.1) is 19.0 Å². The fraction of sp³-hybridized carbons (Fsp3) is 0.421. The number of likely N-dealkylation sites (tertiary alicyclic amines) is 1. The van der Waals surface area contributed by atoms with Crippen molar-refractivity contribution in [2.75, 3.05) is 26.7 Å². The van der Waals surface area contributed by atoms with Crippen LogP contribution < -0.4 is 4.74 Å². The molecule has 1 aromatic carbocycles. The molecule has 2 aromatic rings. The first-order valence-corrected chi connectivity index (χ1v) is 8.11. The lowest BCUT2D eigenvalue weighted by Crippen LogP contribution is -2.32. The monoisotopic (exact) mass is 328 g/mol. The van der Waals surface area contributed by atoms with E-state index in [2.05, 4.69) is 21.9 Å². The van der Waals surface area contributed by atoms with E-state index in [0.29, 0.717) is 29.7 Å². The summed E-state index contributed by atoms with van der Waals surface area (Å²) in [6.45, 7) is 0.174. The molecule has 1 aliphatic heterocycles. The third-order valence-corrected chi connectivity index (χ3v) is 4.33. The zero-order valence-corrected chi connectivity index (χ0v) is 13.7. The Hall–Kier alpha value is -2.27. The van der Waals surface area contributed by atoms with Crippen molar-refractivity contribution in [3.8, 4) is 17.1 Å². The van der Waals surface area contributed by atoms with Gasteiger partial charge in [-0.3, -0.25) is 4.79 Å². The molecule has 1 saturated heterocycles. The Bertz CT molecular complexity index is 786. The summed E-state index contributed by atoms with van der Waals surface area (Å²) in [7, 11) is 2.13. The Morgan fingerprint density at radius 3 is 2.79 bits per heavy atom. The summed E-state index contributed by atoms with van der Waals surface area (Å²) in [5.74, 6) is 0.681. The summed E-state index contributed by atoms with van der Waals surface area (Å²) in [5, 5.41) is 0. The highest BCUT2D eigenvalue weighted by atomic mass is 16.5. The smallest absolute Gasteiger partial charge is 0.159 e. The van der Waals surface area contributed by atoms with Crippen molar-refractivity contribution in [1.29, 1.82) is 0 Å². The van der Waals surface area contributed by atoms with Crippen LogP contribution in [0.3, 0.4) is 0 Å². The van der Waals surface area contributed by atoms with Gasteiger partial charge in [-0.05, 0) is 51.8 Å². The topological polar surface area (TPSA) is 55.3 Å². The van der Waals surface area contributed by atoms with Crippen molar-refractivity contribution in [2.24, 2.45) is 5.92 Å². The molecular formula is C19H23N3O2. The van der Waals surface area contributed by atoms with E-state index in [1.54, 1.807) is 24.5 Å². The van der Waals surface area contributed by atoms with Gasteiger partial charge in [0.1, 0.15) is 0 Å². The number of benzene rings is 1. The van der Waals surface area contributed by atoms with Crippen LogP contribution in [-0.2, 0) is 0 Å². The quantitative estimate of drug-likeness (QED) is 0.790. The molecule has 0 unspecified atom stereocenters. The van der Waals surface area contributed by atoms with Gasteiger partial charge in [0.15, 0.2) is 17.4 Å². The van der Waals surface area contributed by atoms with E-state index in [9.17, 15) is 4.79 Å². The van der Waals surface area contributed by atoms with E-state index in [4.69, 9.17) is 8.85 Å². The van der Waals surface area contributed by atoms with E-state index >= 15 is 0 Å². The summed E-state index contributed by atoms with van der Waals surface area (Å²) < 4.78 is 27.6. The second-order valence-corrected chi connectivity index (χ2v) is 6.21. The van der Waals surface area contributed by atoms with Crippen LogP contribution in [0.4, 0.5) is 0 Å². The van der Waals surface area contributed by atoms with Gasteiger partial charge in [-0.1, -0.05) is 18.2 Å². The van der Waals surface area contributed by atoms with E-state index in [1.165, 1.54) is 12.1 Å². The number of ketones is 1. The maximum Gasteiger partial charge on any atom is 0.159 e. The average molecular weight is 328 g/mol. The van der Waals surface area contributed by atoms with Gasteiger partial charge in [-0.25, -0.2) is 9.97 Å². The molecule has 2 heterocycles. The Labute approximate surface area is 146 Å². The zero-order valence-electron chi connectivity index (χ0n) is 16.7. The lowest BCUT2D eigenvalue weighted by atomic mass is 9.98. The van der Waals surface area contributed by atoms with Crippen molar-refractivity contribution in [3.05, 3.63) is 42.2 Å². The largest absolute Gasteiger partial charge is 0.490 e. The van der Waals surface area contributed by atoms with Crippen LogP contribution >= 0.6 is 0 Å². The first-order chi connectivity index (χ1) is 12.8. The van der Waals surface area contributed by atoms with Crippen LogP contribution in [-0.4, -0.2) is 47.4 Å². The van der Waals surface area contributed by atoms with Crippen LogP contribution in [0, 0.1) is 5.92 Å². The minimum absolute atomic E-state index is 0.124. The molecule has 0 atom stereocenters. The molecule has 1 aliphatic rings. The molecule has 0 bridgehead atoms. The van der Waals surface area contributed by atoms with Crippen LogP contribution in [0.2, 0.25) is 0 Å². The third-order valence-electron chi connectivity index (χ3n) is 4.33. The lowest BCUT2D eigenvalue weighted by molar-refractivity contribution is 0.101. The number of nitrogens with zero attached hydrogens (tertiary/aromatic N) is 3. The Morgan fingerprint density at radius 1 is 1.33 bits per heavy atom. The molecule has 1 fully saturated rings. The number of carbonyl (C=O) groups excluding carboxylic acids is 1. The molecule has 0 amide bonds. The minimum Gasteiger partial charge on any atom is -0.490 e. The molecule has 0 saturated carbocycles. The van der Waals surface area contributed by atoms with Crippen molar-refractivity contribution in [2.45, 2.75) is 19.7 Å². The highest BCUT2D eigenvalue weighted by Crippen LogP contribution is 2.20. The summed E-state index contributed by atoms with van der Waals surface area (Å²) in [5.41, 5.74) is 0.714. The fourth-order valence-corrected chi connectivity index (χ4v) is 2.78. The normalized spacial score (nSPS) is 18.5. The van der Waals surface area contributed by atoms with Gasteiger partial charge in [-0.15, -0.1) is 0 Å². The predicted molar refractivity (Wildman–Crippen MR) is 93.2 cm³/mol. The molecule has 5 heteroatoms. The van der Waals surface area contributed by atoms with Crippen molar-refractivity contribution in [3.63, 3.8) is 0 Å².